The minimum absolute atomic E-state index is 0.266. The van der Waals surface area contributed by atoms with Crippen molar-refractivity contribution in [3.05, 3.63) is 65.4 Å². The Kier molecular flexibility index (Phi) is 4.05. The second-order valence-electron chi connectivity index (χ2n) is 5.29. The second-order valence-corrected chi connectivity index (χ2v) is 5.29. The Balaban J connectivity index is 2.29. The number of aromatic nitrogens is 1. The second kappa shape index (κ2) is 6.17. The number of nitrogens with one attached hydrogen (secondary N) is 1. The summed E-state index contributed by atoms with van der Waals surface area (Å²) in [6.45, 7) is 1.72. The van der Waals surface area contributed by atoms with E-state index in [9.17, 15) is 9.59 Å². The van der Waals surface area contributed by atoms with Crippen LogP contribution in [0.1, 0.15) is 26.4 Å². The minimum atomic E-state index is -0.435. The van der Waals surface area contributed by atoms with E-state index in [1.54, 1.807) is 43.3 Å². The van der Waals surface area contributed by atoms with Crippen molar-refractivity contribution in [1.82, 2.24) is 9.99 Å². The monoisotopic (exact) mass is 323 g/mol. The Morgan fingerprint density at radius 3 is 2.46 bits per heavy atom. The fraction of sp³-hybridized carbons (Fsp3) is 0.111. The number of carbonyl (C=O) groups is 2. The lowest BCUT2D eigenvalue weighted by atomic mass is 10.1. The van der Waals surface area contributed by atoms with Gasteiger partial charge < -0.3 is 4.74 Å². The number of fused-ring (bicyclic) bond motifs is 1. The van der Waals surface area contributed by atoms with Crippen molar-refractivity contribution in [2.75, 3.05) is 7.11 Å². The molecule has 24 heavy (non-hydrogen) atoms. The maximum absolute atomic E-state index is 13.1. The van der Waals surface area contributed by atoms with Crippen molar-refractivity contribution in [2.24, 2.45) is 5.84 Å². The Bertz CT molecular complexity index is 944. The highest BCUT2D eigenvalue weighted by Gasteiger charge is 2.24. The summed E-state index contributed by atoms with van der Waals surface area (Å²) in [5, 5.41) is 0.668. The highest BCUT2D eigenvalue weighted by atomic mass is 16.5. The molecule has 1 aromatic heterocycles. The standard InChI is InChI=1S/C18H17N3O3/c1-11-16(17(22)20-19)12-7-3-5-9-14(12)21(11)18(23)13-8-4-6-10-15(13)24-2/h3-10H,19H2,1-2H3,(H,20,22). The molecule has 0 radical (unpaired) electrons. The number of nitrogen functional groups attached to an aromatic ring is 1. The van der Waals surface area contributed by atoms with Crippen LogP contribution in [0.3, 0.4) is 0 Å². The third-order valence-electron chi connectivity index (χ3n) is 4.01. The van der Waals surface area contributed by atoms with Gasteiger partial charge in [-0.15, -0.1) is 0 Å². The number of hydrogen-bond donors (Lipinski definition) is 2. The summed E-state index contributed by atoms with van der Waals surface area (Å²) in [4.78, 5) is 25.3. The van der Waals surface area contributed by atoms with Gasteiger partial charge in [-0.3, -0.25) is 19.6 Å². The highest BCUT2D eigenvalue weighted by Crippen LogP contribution is 2.28. The number of nitrogens with two attached hydrogens (primary N) is 1. The van der Waals surface area contributed by atoms with Gasteiger partial charge in [-0.05, 0) is 25.1 Å². The number of nitrogens with zero attached hydrogens (tertiary/aromatic N) is 1. The molecule has 3 aromatic rings. The van der Waals surface area contributed by atoms with Gasteiger partial charge in [0.1, 0.15) is 5.75 Å². The number of hydrazine groups is 1. The molecule has 0 spiro atoms. The van der Waals surface area contributed by atoms with Crippen LogP contribution in [0.5, 0.6) is 5.75 Å². The number of amides is 1. The summed E-state index contributed by atoms with van der Waals surface area (Å²) in [6, 6.07) is 14.2. The number of rotatable bonds is 3. The molecule has 1 amide bonds. The first kappa shape index (κ1) is 15.8. The summed E-state index contributed by atoms with van der Waals surface area (Å²) in [7, 11) is 1.51. The molecule has 0 aliphatic rings. The molecule has 0 fully saturated rings. The first-order valence-corrected chi connectivity index (χ1v) is 7.38. The van der Waals surface area contributed by atoms with E-state index in [-0.39, 0.29) is 5.91 Å². The molecule has 1 heterocycles. The lowest BCUT2D eigenvalue weighted by molar-refractivity contribution is 0.0953. The highest BCUT2D eigenvalue weighted by molar-refractivity contribution is 6.13. The zero-order valence-corrected chi connectivity index (χ0v) is 13.4. The molecule has 0 aliphatic carbocycles. The summed E-state index contributed by atoms with van der Waals surface area (Å²) in [5.74, 6) is 5.07. The van der Waals surface area contributed by atoms with Crippen molar-refractivity contribution in [3.63, 3.8) is 0 Å². The summed E-state index contributed by atoms with van der Waals surface area (Å²) in [6.07, 6.45) is 0. The minimum Gasteiger partial charge on any atom is -0.496 e. The molecule has 6 heteroatoms. The molecule has 0 bridgehead atoms. The van der Waals surface area contributed by atoms with Gasteiger partial charge in [0.05, 0.1) is 23.8 Å². The Morgan fingerprint density at radius 1 is 1.08 bits per heavy atom. The maximum atomic E-state index is 13.1. The molecule has 0 atom stereocenters. The van der Waals surface area contributed by atoms with Crippen LogP contribution in [-0.2, 0) is 0 Å². The van der Waals surface area contributed by atoms with Gasteiger partial charge in [0.2, 0.25) is 0 Å². The van der Waals surface area contributed by atoms with E-state index in [1.165, 1.54) is 11.7 Å². The molecular weight excluding hydrogens is 306 g/mol. The molecular formula is C18H17N3O3. The maximum Gasteiger partial charge on any atom is 0.267 e. The number of carbonyl (C=O) groups excluding carboxylic acids is 2. The number of hydrogen-bond acceptors (Lipinski definition) is 4. The first-order chi connectivity index (χ1) is 11.6. The molecule has 3 N–H and O–H groups in total. The average Bonchev–Trinajstić information content (AvgIpc) is 2.92. The van der Waals surface area contributed by atoms with Crippen LogP contribution >= 0.6 is 0 Å². The fourth-order valence-electron chi connectivity index (χ4n) is 2.93. The van der Waals surface area contributed by atoms with E-state index in [4.69, 9.17) is 10.6 Å². The van der Waals surface area contributed by atoms with Gasteiger partial charge in [0.15, 0.2) is 0 Å². The van der Waals surface area contributed by atoms with Crippen LogP contribution in [0.4, 0.5) is 0 Å². The van der Waals surface area contributed by atoms with Gasteiger partial charge >= 0.3 is 0 Å². The molecule has 0 saturated heterocycles. The van der Waals surface area contributed by atoms with Gasteiger partial charge in [-0.2, -0.15) is 0 Å². The van der Waals surface area contributed by atoms with Crippen LogP contribution in [0.25, 0.3) is 10.9 Å². The van der Waals surface area contributed by atoms with Gasteiger partial charge in [-0.25, -0.2) is 5.84 Å². The van der Waals surface area contributed by atoms with Crippen LogP contribution in [0.2, 0.25) is 0 Å². The van der Waals surface area contributed by atoms with Crippen LogP contribution < -0.4 is 16.0 Å². The van der Waals surface area contributed by atoms with E-state index in [0.29, 0.717) is 33.5 Å². The molecule has 6 nitrogen and oxygen atoms in total. The van der Waals surface area contributed by atoms with Gasteiger partial charge in [0.25, 0.3) is 11.8 Å². The number of para-hydroxylation sites is 2. The van der Waals surface area contributed by atoms with Crippen molar-refractivity contribution >= 4 is 22.7 Å². The summed E-state index contributed by atoms with van der Waals surface area (Å²) >= 11 is 0. The lowest BCUT2D eigenvalue weighted by Crippen LogP contribution is -2.30. The van der Waals surface area contributed by atoms with Crippen LogP contribution in [0, 0.1) is 6.92 Å². The quantitative estimate of drug-likeness (QED) is 0.440. The smallest absolute Gasteiger partial charge is 0.267 e. The normalized spacial score (nSPS) is 10.6. The lowest BCUT2D eigenvalue weighted by Gasteiger charge is -2.10. The average molecular weight is 323 g/mol. The first-order valence-electron chi connectivity index (χ1n) is 7.38. The number of methoxy groups -OCH3 is 1. The molecule has 3 rings (SSSR count). The van der Waals surface area contributed by atoms with Crippen molar-refractivity contribution in [3.8, 4) is 5.75 Å². The largest absolute Gasteiger partial charge is 0.496 e. The van der Waals surface area contributed by atoms with E-state index in [1.807, 2.05) is 12.1 Å². The predicted molar refractivity (Wildman–Crippen MR) is 91.1 cm³/mol. The van der Waals surface area contributed by atoms with Crippen LogP contribution in [-0.4, -0.2) is 23.5 Å². The number of ether oxygens (including phenoxy) is 1. The van der Waals surface area contributed by atoms with Crippen molar-refractivity contribution < 1.29 is 14.3 Å². The zero-order valence-electron chi connectivity index (χ0n) is 13.4. The summed E-state index contributed by atoms with van der Waals surface area (Å²) < 4.78 is 6.79. The zero-order chi connectivity index (χ0) is 17.3. The Hall–Kier alpha value is -3.12. The van der Waals surface area contributed by atoms with Gasteiger partial charge in [0, 0.05) is 11.1 Å². The molecule has 2 aromatic carbocycles. The van der Waals surface area contributed by atoms with E-state index < -0.39 is 5.91 Å². The SMILES string of the molecule is COc1ccccc1C(=O)n1c(C)c(C(=O)NN)c2ccccc21. The van der Waals surface area contributed by atoms with Crippen molar-refractivity contribution in [1.29, 1.82) is 0 Å². The Labute approximate surface area is 138 Å². The molecule has 0 aliphatic heterocycles. The van der Waals surface area contributed by atoms with Crippen LogP contribution in [0.15, 0.2) is 48.5 Å². The molecule has 0 unspecified atom stereocenters. The third-order valence-corrected chi connectivity index (χ3v) is 4.01. The van der Waals surface area contributed by atoms with E-state index in [0.717, 1.165) is 0 Å². The Morgan fingerprint density at radius 2 is 1.75 bits per heavy atom. The predicted octanol–water partition coefficient (Wildman–Crippen LogP) is 2.25. The topological polar surface area (TPSA) is 86.3 Å². The molecule has 122 valence electrons. The van der Waals surface area contributed by atoms with Gasteiger partial charge in [-0.1, -0.05) is 30.3 Å². The number of benzene rings is 2. The fourth-order valence-corrected chi connectivity index (χ4v) is 2.93. The summed E-state index contributed by atoms with van der Waals surface area (Å²) in [5.41, 5.74) is 4.11. The van der Waals surface area contributed by atoms with E-state index >= 15 is 0 Å². The third kappa shape index (κ3) is 2.33. The van der Waals surface area contributed by atoms with E-state index in [2.05, 4.69) is 5.43 Å². The van der Waals surface area contributed by atoms with Crippen molar-refractivity contribution in [2.45, 2.75) is 6.92 Å². The molecule has 0 saturated carbocycles.